The smallest absolute Gasteiger partial charge is 0.222 e. The molecule has 24 heavy (non-hydrogen) atoms. The van der Waals surface area contributed by atoms with Crippen molar-refractivity contribution in [1.82, 2.24) is 19.6 Å². The number of hydrogen-bond acceptors (Lipinski definition) is 3. The highest BCUT2D eigenvalue weighted by Crippen LogP contribution is 2.38. The predicted octanol–water partition coefficient (Wildman–Crippen LogP) is 1.52. The van der Waals surface area contributed by atoms with Crippen LogP contribution in [0.25, 0.3) is 0 Å². The van der Waals surface area contributed by atoms with Crippen molar-refractivity contribution in [1.29, 1.82) is 0 Å². The van der Waals surface area contributed by atoms with Gasteiger partial charge < -0.3 is 9.80 Å². The van der Waals surface area contributed by atoms with Gasteiger partial charge in [-0.05, 0) is 43.6 Å². The number of rotatable bonds is 4. The minimum absolute atomic E-state index is 0.271. The van der Waals surface area contributed by atoms with Gasteiger partial charge >= 0.3 is 0 Å². The summed E-state index contributed by atoms with van der Waals surface area (Å²) in [5, 5.41) is 4.18. The summed E-state index contributed by atoms with van der Waals surface area (Å²) in [6.07, 6.45) is 9.16. The monoisotopic (exact) mass is 330 g/mol. The molecule has 3 saturated heterocycles. The minimum atomic E-state index is 0.271. The lowest BCUT2D eigenvalue weighted by Crippen LogP contribution is -2.61. The quantitative estimate of drug-likeness (QED) is 0.841. The largest absolute Gasteiger partial charge is 0.342 e. The summed E-state index contributed by atoms with van der Waals surface area (Å²) in [4.78, 5) is 29.0. The van der Waals surface area contributed by atoms with Crippen molar-refractivity contribution in [3.8, 4) is 0 Å². The van der Waals surface area contributed by atoms with Crippen LogP contribution in [0.15, 0.2) is 18.5 Å². The number of hydrogen-bond donors (Lipinski definition) is 0. The van der Waals surface area contributed by atoms with E-state index in [0.717, 1.165) is 45.4 Å². The number of fused-ring (bicyclic) bond motifs is 4. The van der Waals surface area contributed by atoms with Crippen molar-refractivity contribution in [2.24, 2.45) is 11.8 Å². The van der Waals surface area contributed by atoms with Gasteiger partial charge in [0.25, 0.3) is 0 Å². The van der Waals surface area contributed by atoms with Gasteiger partial charge in [-0.3, -0.25) is 14.3 Å². The van der Waals surface area contributed by atoms with Gasteiger partial charge in [-0.15, -0.1) is 0 Å². The Morgan fingerprint density at radius 2 is 2.21 bits per heavy atom. The third-order valence-electron chi connectivity index (χ3n) is 5.87. The first kappa shape index (κ1) is 15.7. The van der Waals surface area contributed by atoms with E-state index in [0.29, 0.717) is 36.6 Å². The lowest BCUT2D eigenvalue weighted by Gasteiger charge is -2.52. The predicted molar refractivity (Wildman–Crippen MR) is 89.0 cm³/mol. The molecule has 3 aliphatic rings. The van der Waals surface area contributed by atoms with Crippen LogP contribution in [0.3, 0.4) is 0 Å². The fourth-order valence-corrected chi connectivity index (χ4v) is 4.80. The first-order valence-electron chi connectivity index (χ1n) is 9.25. The van der Waals surface area contributed by atoms with Crippen molar-refractivity contribution < 1.29 is 9.59 Å². The standard InChI is InChI=1S/C18H26N4O2/c23-17(6-2-8-21-9-3-7-19-21)20-11-14-10-15(13-20)16-4-1-5-18(24)22(16)12-14/h3,7,9,14-16H,1-2,4-6,8,10-13H2. The van der Waals surface area contributed by atoms with E-state index in [1.807, 2.05) is 16.9 Å². The van der Waals surface area contributed by atoms with E-state index in [-0.39, 0.29) is 5.91 Å². The number of aryl methyl sites for hydroxylation is 1. The minimum Gasteiger partial charge on any atom is -0.342 e. The zero-order valence-corrected chi connectivity index (χ0v) is 14.1. The average molecular weight is 330 g/mol. The highest BCUT2D eigenvalue weighted by molar-refractivity contribution is 5.78. The van der Waals surface area contributed by atoms with E-state index in [4.69, 9.17) is 0 Å². The molecule has 3 unspecified atom stereocenters. The van der Waals surface area contributed by atoms with Crippen LogP contribution in [0.5, 0.6) is 0 Å². The summed E-state index contributed by atoms with van der Waals surface area (Å²) in [7, 11) is 0. The summed E-state index contributed by atoms with van der Waals surface area (Å²) in [5.41, 5.74) is 0. The zero-order chi connectivity index (χ0) is 16.5. The first-order valence-corrected chi connectivity index (χ1v) is 9.25. The first-order chi connectivity index (χ1) is 11.7. The fourth-order valence-electron chi connectivity index (χ4n) is 4.80. The SMILES string of the molecule is O=C(CCCn1cccn1)N1CC2CC(C1)C1CCCC(=O)N1C2. The molecule has 0 N–H and O–H groups in total. The molecule has 6 nitrogen and oxygen atoms in total. The van der Waals surface area contributed by atoms with Crippen LogP contribution in [0.4, 0.5) is 0 Å². The maximum Gasteiger partial charge on any atom is 0.222 e. The van der Waals surface area contributed by atoms with Gasteiger partial charge in [0, 0.05) is 57.5 Å². The van der Waals surface area contributed by atoms with Gasteiger partial charge in [0.05, 0.1) is 0 Å². The summed E-state index contributed by atoms with van der Waals surface area (Å²) in [5.74, 6) is 1.56. The van der Waals surface area contributed by atoms with Crippen molar-refractivity contribution >= 4 is 11.8 Å². The van der Waals surface area contributed by atoms with E-state index in [9.17, 15) is 9.59 Å². The van der Waals surface area contributed by atoms with Crippen LogP contribution < -0.4 is 0 Å². The molecule has 1 aromatic rings. The van der Waals surface area contributed by atoms with E-state index >= 15 is 0 Å². The molecule has 4 heterocycles. The molecule has 3 fully saturated rings. The number of piperidine rings is 3. The molecule has 0 spiro atoms. The number of nitrogens with zero attached hydrogens (tertiary/aromatic N) is 4. The maximum absolute atomic E-state index is 12.6. The molecule has 2 bridgehead atoms. The molecular formula is C18H26N4O2. The lowest BCUT2D eigenvalue weighted by atomic mass is 9.76. The van der Waals surface area contributed by atoms with Crippen molar-refractivity contribution in [3.05, 3.63) is 18.5 Å². The summed E-state index contributed by atoms with van der Waals surface area (Å²) in [6, 6.07) is 2.28. The van der Waals surface area contributed by atoms with E-state index in [1.54, 1.807) is 6.20 Å². The number of amides is 2. The van der Waals surface area contributed by atoms with Gasteiger partial charge in [0.1, 0.15) is 0 Å². The van der Waals surface area contributed by atoms with E-state index in [2.05, 4.69) is 14.9 Å². The van der Waals surface area contributed by atoms with Crippen molar-refractivity contribution in [2.75, 3.05) is 19.6 Å². The highest BCUT2D eigenvalue weighted by atomic mass is 16.2. The van der Waals surface area contributed by atoms with Crippen LogP contribution >= 0.6 is 0 Å². The van der Waals surface area contributed by atoms with Gasteiger partial charge in [0.15, 0.2) is 0 Å². The summed E-state index contributed by atoms with van der Waals surface area (Å²) < 4.78 is 1.88. The lowest BCUT2D eigenvalue weighted by molar-refractivity contribution is -0.148. The molecule has 6 heteroatoms. The fraction of sp³-hybridized carbons (Fsp3) is 0.722. The van der Waals surface area contributed by atoms with E-state index < -0.39 is 0 Å². The highest BCUT2D eigenvalue weighted by Gasteiger charge is 2.44. The molecule has 3 aliphatic heterocycles. The Kier molecular flexibility index (Phi) is 4.29. The van der Waals surface area contributed by atoms with Gasteiger partial charge in [-0.1, -0.05) is 0 Å². The Hall–Kier alpha value is -1.85. The third-order valence-corrected chi connectivity index (χ3v) is 5.87. The Labute approximate surface area is 142 Å². The van der Waals surface area contributed by atoms with Crippen LogP contribution in [-0.2, 0) is 16.1 Å². The molecule has 0 aliphatic carbocycles. The normalized spacial score (nSPS) is 29.5. The Morgan fingerprint density at radius 1 is 1.29 bits per heavy atom. The second-order valence-electron chi connectivity index (χ2n) is 7.54. The number of likely N-dealkylation sites (tertiary alicyclic amines) is 1. The van der Waals surface area contributed by atoms with Gasteiger partial charge in [-0.2, -0.15) is 5.10 Å². The van der Waals surface area contributed by atoms with Gasteiger partial charge in [0.2, 0.25) is 11.8 Å². The van der Waals surface area contributed by atoms with Crippen molar-refractivity contribution in [2.45, 2.75) is 51.1 Å². The number of aromatic nitrogens is 2. The van der Waals surface area contributed by atoms with Crippen LogP contribution in [0, 0.1) is 11.8 Å². The topological polar surface area (TPSA) is 58.4 Å². The molecule has 1 aromatic heterocycles. The molecule has 3 atom stereocenters. The summed E-state index contributed by atoms with van der Waals surface area (Å²) in [6.45, 7) is 3.32. The summed E-state index contributed by atoms with van der Waals surface area (Å²) >= 11 is 0. The zero-order valence-electron chi connectivity index (χ0n) is 14.1. The van der Waals surface area contributed by atoms with Crippen LogP contribution in [-0.4, -0.2) is 57.1 Å². The third kappa shape index (κ3) is 3.06. The molecule has 0 saturated carbocycles. The van der Waals surface area contributed by atoms with Crippen LogP contribution in [0.1, 0.15) is 38.5 Å². The average Bonchev–Trinajstić information content (AvgIpc) is 3.09. The van der Waals surface area contributed by atoms with Crippen LogP contribution in [0.2, 0.25) is 0 Å². The molecule has 2 amide bonds. The molecule has 130 valence electrons. The van der Waals surface area contributed by atoms with E-state index in [1.165, 1.54) is 6.42 Å². The number of carbonyl (C=O) groups is 2. The molecular weight excluding hydrogens is 304 g/mol. The molecule has 0 aromatic carbocycles. The molecule has 0 radical (unpaired) electrons. The Morgan fingerprint density at radius 3 is 3.04 bits per heavy atom. The number of carbonyl (C=O) groups excluding carboxylic acids is 2. The molecule has 4 rings (SSSR count). The van der Waals surface area contributed by atoms with Gasteiger partial charge in [-0.25, -0.2) is 0 Å². The Bertz CT molecular complexity index is 600. The second kappa shape index (κ2) is 6.57. The Balaban J connectivity index is 1.33. The maximum atomic E-state index is 12.6. The second-order valence-corrected chi connectivity index (χ2v) is 7.54. The van der Waals surface area contributed by atoms with Crippen molar-refractivity contribution in [3.63, 3.8) is 0 Å².